The first-order chi connectivity index (χ1) is 14.7. The second-order valence-corrected chi connectivity index (χ2v) is 6.49. The van der Waals surface area contributed by atoms with E-state index in [2.05, 4.69) is 15.0 Å². The van der Waals surface area contributed by atoms with Gasteiger partial charge in [0.1, 0.15) is 29.5 Å². The Labute approximate surface area is 170 Å². The molecular weight excluding hydrogens is 388 g/mol. The number of hydrogen-bond acceptors (Lipinski definition) is 8. The van der Waals surface area contributed by atoms with Crippen molar-refractivity contribution in [3.05, 3.63) is 77.2 Å². The molecule has 0 saturated carbocycles. The molecule has 4 aromatic heterocycles. The maximum absolute atomic E-state index is 12.0. The van der Waals surface area contributed by atoms with Crippen LogP contribution in [0.15, 0.2) is 66.0 Å². The van der Waals surface area contributed by atoms with Crippen LogP contribution in [0.4, 0.5) is 0 Å². The fourth-order valence-corrected chi connectivity index (χ4v) is 3.05. The highest BCUT2D eigenvalue weighted by Gasteiger charge is 2.25. The molecule has 0 amide bonds. The number of rotatable bonds is 4. The number of aromatic nitrogens is 4. The van der Waals surface area contributed by atoms with Crippen LogP contribution in [0.25, 0.3) is 5.65 Å². The molecule has 0 bridgehead atoms. The normalized spacial score (nSPS) is 15.0. The molecule has 0 spiro atoms. The van der Waals surface area contributed by atoms with Gasteiger partial charge in [-0.05, 0) is 24.3 Å². The molecule has 0 unspecified atom stereocenters. The smallest absolute Gasteiger partial charge is 0.258 e. The lowest BCUT2D eigenvalue weighted by Gasteiger charge is -2.25. The molecule has 1 atom stereocenters. The molecule has 0 aliphatic carbocycles. The van der Waals surface area contributed by atoms with Crippen LogP contribution < -0.4 is 24.5 Å². The molecular formula is C21H16N4O5. The number of methoxy groups -OCH3 is 1. The topological polar surface area (TPSA) is 97.1 Å². The highest BCUT2D eigenvalue weighted by molar-refractivity contribution is 5.44. The number of pyridine rings is 3. The summed E-state index contributed by atoms with van der Waals surface area (Å²) in [5.41, 5.74) is 1.07. The maximum atomic E-state index is 12.0. The van der Waals surface area contributed by atoms with E-state index in [4.69, 9.17) is 18.9 Å². The third-order valence-electron chi connectivity index (χ3n) is 4.56. The molecule has 0 aromatic carbocycles. The zero-order valence-electron chi connectivity index (χ0n) is 15.9. The molecule has 4 aromatic rings. The minimum Gasteiger partial charge on any atom is -0.495 e. The first-order valence-corrected chi connectivity index (χ1v) is 9.14. The molecule has 0 N–H and O–H groups in total. The Hall–Kier alpha value is -4.14. The molecule has 1 aliphatic rings. The standard InChI is InChI=1S/C21H16N4O5/c1-27-13-2-4-16(23-9-13)18-12-28-17-8-15(10-24-21(17)30-18)29-14-3-5-19-22-7-6-20(26)25(19)11-14/h2-11,18H,12H2,1H3/t18-/m0/s1. The van der Waals surface area contributed by atoms with Gasteiger partial charge in [0, 0.05) is 18.3 Å². The molecule has 30 heavy (non-hydrogen) atoms. The zero-order chi connectivity index (χ0) is 20.5. The van der Waals surface area contributed by atoms with E-state index < -0.39 is 0 Å². The monoisotopic (exact) mass is 404 g/mol. The average molecular weight is 404 g/mol. The van der Waals surface area contributed by atoms with Crippen molar-refractivity contribution in [3.63, 3.8) is 0 Å². The molecule has 5 rings (SSSR count). The molecule has 150 valence electrons. The minimum atomic E-state index is -0.373. The van der Waals surface area contributed by atoms with Gasteiger partial charge in [0.2, 0.25) is 0 Å². The molecule has 1 aliphatic heterocycles. The van der Waals surface area contributed by atoms with Crippen LogP contribution in [-0.2, 0) is 0 Å². The summed E-state index contributed by atoms with van der Waals surface area (Å²) in [6, 6.07) is 10.1. The predicted octanol–water partition coefficient (Wildman–Crippen LogP) is 2.80. The van der Waals surface area contributed by atoms with E-state index in [9.17, 15) is 4.79 Å². The second-order valence-electron chi connectivity index (χ2n) is 6.49. The SMILES string of the molecule is COc1ccc([C@@H]2COc3cc(Oc4ccc5nccc(=O)n5c4)cnc3O2)nc1. The van der Waals surface area contributed by atoms with Crippen molar-refractivity contribution in [2.45, 2.75) is 6.10 Å². The maximum Gasteiger partial charge on any atom is 0.258 e. The average Bonchev–Trinajstić information content (AvgIpc) is 2.79. The quantitative estimate of drug-likeness (QED) is 0.512. The number of nitrogens with zero attached hydrogens (tertiary/aromatic N) is 4. The van der Waals surface area contributed by atoms with E-state index in [-0.39, 0.29) is 18.3 Å². The van der Waals surface area contributed by atoms with E-state index in [1.165, 1.54) is 22.9 Å². The summed E-state index contributed by atoms with van der Waals surface area (Å²) in [6.07, 6.45) is 5.83. The number of fused-ring (bicyclic) bond motifs is 2. The van der Waals surface area contributed by atoms with E-state index in [1.807, 2.05) is 12.1 Å². The van der Waals surface area contributed by atoms with Crippen molar-refractivity contribution >= 4 is 5.65 Å². The van der Waals surface area contributed by atoms with Gasteiger partial charge in [-0.2, -0.15) is 0 Å². The molecule has 0 radical (unpaired) electrons. The summed E-state index contributed by atoms with van der Waals surface area (Å²) in [7, 11) is 1.59. The highest BCUT2D eigenvalue weighted by Crippen LogP contribution is 2.37. The number of ether oxygens (including phenoxy) is 4. The minimum absolute atomic E-state index is 0.191. The summed E-state index contributed by atoms with van der Waals surface area (Å²) in [4.78, 5) is 24.7. The van der Waals surface area contributed by atoms with Gasteiger partial charge in [0.25, 0.3) is 11.4 Å². The van der Waals surface area contributed by atoms with Gasteiger partial charge in [-0.25, -0.2) is 9.97 Å². The largest absolute Gasteiger partial charge is 0.495 e. The van der Waals surface area contributed by atoms with Gasteiger partial charge in [-0.1, -0.05) is 0 Å². The summed E-state index contributed by atoms with van der Waals surface area (Å²) in [6.45, 7) is 0.286. The van der Waals surface area contributed by atoms with Crippen LogP contribution in [0.5, 0.6) is 28.9 Å². The van der Waals surface area contributed by atoms with Crippen molar-refractivity contribution in [3.8, 4) is 28.9 Å². The van der Waals surface area contributed by atoms with E-state index in [0.717, 1.165) is 5.69 Å². The Balaban J connectivity index is 1.35. The van der Waals surface area contributed by atoms with Gasteiger partial charge in [0.05, 0.1) is 31.4 Å². The van der Waals surface area contributed by atoms with Crippen molar-refractivity contribution in [2.24, 2.45) is 0 Å². The van der Waals surface area contributed by atoms with Gasteiger partial charge < -0.3 is 18.9 Å². The van der Waals surface area contributed by atoms with Gasteiger partial charge in [0.15, 0.2) is 11.9 Å². The highest BCUT2D eigenvalue weighted by atomic mass is 16.6. The predicted molar refractivity (Wildman–Crippen MR) is 105 cm³/mol. The first kappa shape index (κ1) is 17.9. The summed E-state index contributed by atoms with van der Waals surface area (Å²) in [5.74, 6) is 2.42. The molecule has 0 saturated heterocycles. The van der Waals surface area contributed by atoms with Gasteiger partial charge in [-0.15, -0.1) is 0 Å². The third kappa shape index (κ3) is 3.37. The Bertz CT molecular complexity index is 1270. The fraction of sp³-hybridized carbons (Fsp3) is 0.143. The Morgan fingerprint density at radius 2 is 1.90 bits per heavy atom. The van der Waals surface area contributed by atoms with Crippen LogP contribution in [0.3, 0.4) is 0 Å². The fourth-order valence-electron chi connectivity index (χ4n) is 3.05. The first-order valence-electron chi connectivity index (χ1n) is 9.14. The third-order valence-corrected chi connectivity index (χ3v) is 4.56. The number of hydrogen-bond donors (Lipinski definition) is 0. The summed E-state index contributed by atoms with van der Waals surface area (Å²) < 4.78 is 24.1. The van der Waals surface area contributed by atoms with E-state index >= 15 is 0 Å². The second kappa shape index (κ2) is 7.36. The Morgan fingerprint density at radius 3 is 2.73 bits per heavy atom. The van der Waals surface area contributed by atoms with Crippen molar-refractivity contribution in [2.75, 3.05) is 13.7 Å². The van der Waals surface area contributed by atoms with Crippen LogP contribution in [0, 0.1) is 0 Å². The summed E-state index contributed by atoms with van der Waals surface area (Å²) >= 11 is 0. The van der Waals surface area contributed by atoms with Crippen LogP contribution in [-0.4, -0.2) is 33.1 Å². The van der Waals surface area contributed by atoms with Crippen molar-refractivity contribution in [1.29, 1.82) is 0 Å². The Kier molecular flexibility index (Phi) is 4.40. The lowest BCUT2D eigenvalue weighted by Crippen LogP contribution is -2.23. The van der Waals surface area contributed by atoms with E-state index in [1.54, 1.807) is 37.7 Å². The Morgan fingerprint density at radius 1 is 1.03 bits per heavy atom. The van der Waals surface area contributed by atoms with Crippen LogP contribution >= 0.6 is 0 Å². The van der Waals surface area contributed by atoms with Crippen molar-refractivity contribution < 1.29 is 18.9 Å². The molecule has 0 fully saturated rings. The zero-order valence-corrected chi connectivity index (χ0v) is 15.9. The lowest BCUT2D eigenvalue weighted by atomic mass is 10.2. The summed E-state index contributed by atoms with van der Waals surface area (Å²) in [5, 5.41) is 0. The van der Waals surface area contributed by atoms with Crippen LogP contribution in [0.1, 0.15) is 11.8 Å². The van der Waals surface area contributed by atoms with Crippen LogP contribution in [0.2, 0.25) is 0 Å². The van der Waals surface area contributed by atoms with Gasteiger partial charge >= 0.3 is 0 Å². The van der Waals surface area contributed by atoms with E-state index in [0.29, 0.717) is 34.5 Å². The van der Waals surface area contributed by atoms with Crippen molar-refractivity contribution in [1.82, 2.24) is 19.4 Å². The lowest BCUT2D eigenvalue weighted by molar-refractivity contribution is 0.0817. The molecule has 9 heteroatoms. The molecule has 5 heterocycles. The van der Waals surface area contributed by atoms with Gasteiger partial charge in [-0.3, -0.25) is 14.2 Å². The molecule has 9 nitrogen and oxygen atoms in total.